The highest BCUT2D eigenvalue weighted by atomic mass is 16.3. The van der Waals surface area contributed by atoms with Crippen LogP contribution < -0.4 is 4.90 Å². The molecule has 12 aromatic rings. The summed E-state index contributed by atoms with van der Waals surface area (Å²) in [7, 11) is 0. The number of hydrogen-bond acceptors (Lipinski definition) is 2. The SMILES string of the molecule is c1ccc(C2(c3ccc(N(c4ccc(-c5cc6ccccc6c6ccccc56)cc4)c4ccc(-c5cccc6c5oc5ccccc56)cc4)cc3)c3ccccc3-c3ccccc32)cc1. The zero-order valence-electron chi connectivity index (χ0n) is 35.5. The predicted octanol–water partition coefficient (Wildman–Crippen LogP) is 17.1. The van der Waals surface area contributed by atoms with Gasteiger partial charge in [0, 0.05) is 33.4 Å². The standard InChI is InChI=1S/C63H41NO/c1-2-16-45(17-3-1)63(59-26-11-8-21-54(59)55-22-9-12-27-60(55)63)46-33-39-49(40-34-46)64(47-35-29-42(30-36-47)51-24-14-25-57-56-23-10-13-28-61(56)65-62(51)57)48-37-31-43(32-38-48)58-41-44-15-4-5-18-50(44)52-19-6-7-20-53(52)58/h1-41H. The molecular weight excluding hydrogens is 787 g/mol. The van der Waals surface area contributed by atoms with Crippen LogP contribution in [0.3, 0.4) is 0 Å². The molecule has 0 aliphatic heterocycles. The summed E-state index contributed by atoms with van der Waals surface area (Å²) in [5.41, 5.74) is 16.8. The Morgan fingerprint density at radius 3 is 1.46 bits per heavy atom. The second-order valence-corrected chi connectivity index (χ2v) is 17.2. The van der Waals surface area contributed by atoms with Gasteiger partial charge in [0.05, 0.1) is 5.41 Å². The molecule has 1 aliphatic carbocycles. The fraction of sp³-hybridized carbons (Fsp3) is 0.0159. The van der Waals surface area contributed by atoms with Crippen molar-refractivity contribution >= 4 is 60.5 Å². The predicted molar refractivity (Wildman–Crippen MR) is 272 cm³/mol. The van der Waals surface area contributed by atoms with E-state index in [1.807, 2.05) is 12.1 Å². The molecule has 2 nitrogen and oxygen atoms in total. The largest absolute Gasteiger partial charge is 0.455 e. The van der Waals surface area contributed by atoms with Crippen LogP contribution >= 0.6 is 0 Å². The van der Waals surface area contributed by atoms with E-state index in [0.29, 0.717) is 0 Å². The van der Waals surface area contributed by atoms with Crippen LogP contribution in [0.25, 0.3) is 76.9 Å². The van der Waals surface area contributed by atoms with Crippen molar-refractivity contribution in [2.24, 2.45) is 0 Å². The Bertz CT molecular complexity index is 3710. The van der Waals surface area contributed by atoms with Gasteiger partial charge in [-0.15, -0.1) is 0 Å². The van der Waals surface area contributed by atoms with Gasteiger partial charge in [-0.3, -0.25) is 0 Å². The molecule has 0 radical (unpaired) electrons. The Hall–Kier alpha value is -8.46. The van der Waals surface area contributed by atoms with E-state index in [1.165, 1.54) is 66.1 Å². The molecule has 1 aromatic heterocycles. The van der Waals surface area contributed by atoms with Gasteiger partial charge < -0.3 is 9.32 Å². The van der Waals surface area contributed by atoms with Crippen molar-refractivity contribution in [3.8, 4) is 33.4 Å². The Labute approximate surface area is 377 Å². The molecule has 0 unspecified atom stereocenters. The third-order valence-electron chi connectivity index (χ3n) is 13.8. The molecule has 65 heavy (non-hydrogen) atoms. The van der Waals surface area contributed by atoms with E-state index in [-0.39, 0.29) is 0 Å². The first-order valence-corrected chi connectivity index (χ1v) is 22.4. The van der Waals surface area contributed by atoms with Gasteiger partial charge in [0.2, 0.25) is 0 Å². The van der Waals surface area contributed by atoms with Crippen molar-refractivity contribution in [3.05, 3.63) is 271 Å². The first kappa shape index (κ1) is 37.1. The second-order valence-electron chi connectivity index (χ2n) is 17.2. The second kappa shape index (κ2) is 14.8. The van der Waals surface area contributed by atoms with E-state index in [9.17, 15) is 0 Å². The van der Waals surface area contributed by atoms with Gasteiger partial charge in [0.1, 0.15) is 11.2 Å². The highest BCUT2D eigenvalue weighted by molar-refractivity contribution is 6.14. The molecule has 2 heteroatoms. The fourth-order valence-corrected chi connectivity index (χ4v) is 10.9. The number of anilines is 3. The van der Waals surface area contributed by atoms with E-state index in [0.717, 1.165) is 50.1 Å². The maximum Gasteiger partial charge on any atom is 0.143 e. The number of benzene rings is 11. The molecule has 0 amide bonds. The van der Waals surface area contributed by atoms with Gasteiger partial charge in [-0.1, -0.05) is 200 Å². The van der Waals surface area contributed by atoms with Crippen molar-refractivity contribution in [1.82, 2.24) is 0 Å². The van der Waals surface area contributed by atoms with Crippen LogP contribution in [0.15, 0.2) is 253 Å². The molecule has 0 saturated heterocycles. The van der Waals surface area contributed by atoms with Crippen molar-refractivity contribution in [3.63, 3.8) is 0 Å². The Morgan fingerprint density at radius 2 is 0.785 bits per heavy atom. The highest BCUT2D eigenvalue weighted by Crippen LogP contribution is 2.56. The summed E-state index contributed by atoms with van der Waals surface area (Å²) < 4.78 is 6.48. The number of para-hydroxylation sites is 2. The van der Waals surface area contributed by atoms with E-state index in [4.69, 9.17) is 4.42 Å². The lowest BCUT2D eigenvalue weighted by Crippen LogP contribution is -2.28. The molecule has 0 fully saturated rings. The lowest BCUT2D eigenvalue weighted by atomic mass is 9.68. The first-order valence-electron chi connectivity index (χ1n) is 22.4. The van der Waals surface area contributed by atoms with Crippen molar-refractivity contribution in [2.75, 3.05) is 4.90 Å². The average Bonchev–Trinajstić information content (AvgIpc) is 3.92. The third-order valence-corrected chi connectivity index (χ3v) is 13.8. The van der Waals surface area contributed by atoms with Crippen LogP contribution in [-0.4, -0.2) is 0 Å². The summed E-state index contributed by atoms with van der Waals surface area (Å²) in [6, 6.07) is 90.7. The van der Waals surface area contributed by atoms with Crippen LogP contribution in [0.1, 0.15) is 22.3 Å². The quantitative estimate of drug-likeness (QED) is 0.149. The summed E-state index contributed by atoms with van der Waals surface area (Å²) >= 11 is 0. The number of nitrogens with zero attached hydrogens (tertiary/aromatic N) is 1. The molecule has 304 valence electrons. The molecule has 0 saturated carbocycles. The molecule has 11 aromatic carbocycles. The summed E-state index contributed by atoms with van der Waals surface area (Å²) in [5.74, 6) is 0. The monoisotopic (exact) mass is 827 g/mol. The Balaban J connectivity index is 0.956. The van der Waals surface area contributed by atoms with E-state index in [1.54, 1.807) is 0 Å². The van der Waals surface area contributed by atoms with E-state index >= 15 is 0 Å². The van der Waals surface area contributed by atoms with Crippen LogP contribution in [0.2, 0.25) is 0 Å². The Morgan fingerprint density at radius 1 is 0.308 bits per heavy atom. The summed E-state index contributed by atoms with van der Waals surface area (Å²) in [4.78, 5) is 2.38. The maximum atomic E-state index is 6.48. The normalized spacial score (nSPS) is 12.7. The van der Waals surface area contributed by atoms with Crippen LogP contribution in [0.5, 0.6) is 0 Å². The van der Waals surface area contributed by atoms with Crippen LogP contribution in [0, 0.1) is 0 Å². The molecule has 1 heterocycles. The summed E-state index contributed by atoms with van der Waals surface area (Å²) in [6.45, 7) is 0. The summed E-state index contributed by atoms with van der Waals surface area (Å²) in [5, 5.41) is 7.30. The highest BCUT2D eigenvalue weighted by Gasteiger charge is 2.45. The average molecular weight is 828 g/mol. The van der Waals surface area contributed by atoms with Gasteiger partial charge in [-0.25, -0.2) is 0 Å². The minimum atomic E-state index is -0.471. The number of hydrogen-bond donors (Lipinski definition) is 0. The topological polar surface area (TPSA) is 16.4 Å². The van der Waals surface area contributed by atoms with Crippen molar-refractivity contribution in [1.29, 1.82) is 0 Å². The number of furan rings is 1. The fourth-order valence-electron chi connectivity index (χ4n) is 10.9. The molecule has 0 spiro atoms. The molecule has 13 rings (SSSR count). The maximum absolute atomic E-state index is 6.48. The van der Waals surface area contributed by atoms with E-state index in [2.05, 4.69) is 241 Å². The van der Waals surface area contributed by atoms with Gasteiger partial charge in [-0.2, -0.15) is 0 Å². The minimum Gasteiger partial charge on any atom is -0.455 e. The van der Waals surface area contributed by atoms with Gasteiger partial charge >= 0.3 is 0 Å². The zero-order chi connectivity index (χ0) is 42.9. The number of fused-ring (bicyclic) bond motifs is 9. The lowest BCUT2D eigenvalue weighted by molar-refractivity contribution is 0.670. The van der Waals surface area contributed by atoms with Crippen LogP contribution in [-0.2, 0) is 5.41 Å². The van der Waals surface area contributed by atoms with Crippen molar-refractivity contribution in [2.45, 2.75) is 5.41 Å². The molecular formula is C63H41NO. The molecule has 0 atom stereocenters. The third kappa shape index (κ3) is 5.74. The van der Waals surface area contributed by atoms with Gasteiger partial charge in [0.15, 0.2) is 0 Å². The smallest absolute Gasteiger partial charge is 0.143 e. The summed E-state index contributed by atoms with van der Waals surface area (Å²) in [6.07, 6.45) is 0. The van der Waals surface area contributed by atoms with Gasteiger partial charge in [-0.05, 0) is 120 Å². The molecule has 0 N–H and O–H groups in total. The lowest BCUT2D eigenvalue weighted by Gasteiger charge is -2.34. The minimum absolute atomic E-state index is 0.471. The Kier molecular flexibility index (Phi) is 8.47. The molecule has 1 aliphatic rings. The van der Waals surface area contributed by atoms with Crippen molar-refractivity contribution < 1.29 is 4.42 Å². The van der Waals surface area contributed by atoms with Crippen LogP contribution in [0.4, 0.5) is 17.1 Å². The zero-order valence-corrected chi connectivity index (χ0v) is 35.5. The number of rotatable bonds is 7. The first-order chi connectivity index (χ1) is 32.2. The molecule has 0 bridgehead atoms. The van der Waals surface area contributed by atoms with E-state index < -0.39 is 5.41 Å². The van der Waals surface area contributed by atoms with Gasteiger partial charge in [0.25, 0.3) is 0 Å².